The molecule has 1 N–H and O–H groups in total. The Kier molecular flexibility index (Phi) is 6.21. The van der Waals surface area contributed by atoms with Crippen molar-refractivity contribution in [2.45, 2.75) is 60.4 Å². The Bertz CT molecular complexity index is 1410. The zero-order valence-electron chi connectivity index (χ0n) is 19.9. The number of thiazole rings is 1. The minimum Gasteiger partial charge on any atom is -0.353 e. The third-order valence-electron chi connectivity index (χ3n) is 5.92. The highest BCUT2D eigenvalue weighted by atomic mass is 32.1. The summed E-state index contributed by atoms with van der Waals surface area (Å²) in [5.74, 6) is -0.104. The van der Waals surface area contributed by atoms with Gasteiger partial charge >= 0.3 is 0 Å². The SMILES string of the molecule is CC[C@@H](C)NC(=O)Cc1csc2nc(C)c(-c3cc(C)n(-c4cc(C)ccc4C)n3)c(=O)n12. The lowest BCUT2D eigenvalue weighted by molar-refractivity contribution is -0.121. The third-order valence-corrected chi connectivity index (χ3v) is 6.79. The summed E-state index contributed by atoms with van der Waals surface area (Å²) in [6.45, 7) is 11.9. The van der Waals surface area contributed by atoms with Gasteiger partial charge in [0.05, 0.1) is 23.4 Å². The molecule has 0 spiro atoms. The predicted molar refractivity (Wildman–Crippen MR) is 132 cm³/mol. The smallest absolute Gasteiger partial charge is 0.268 e. The molecule has 1 atom stereocenters. The van der Waals surface area contributed by atoms with Gasteiger partial charge in [-0.2, -0.15) is 5.10 Å². The summed E-state index contributed by atoms with van der Waals surface area (Å²) in [5, 5.41) is 9.59. The van der Waals surface area contributed by atoms with E-state index in [0.717, 1.165) is 28.9 Å². The van der Waals surface area contributed by atoms with E-state index in [1.54, 1.807) is 4.40 Å². The molecule has 0 saturated carbocycles. The number of aryl methyl sites for hydroxylation is 4. The summed E-state index contributed by atoms with van der Waals surface area (Å²) in [6, 6.07) is 8.24. The number of rotatable bonds is 6. The van der Waals surface area contributed by atoms with Crippen molar-refractivity contribution in [3.8, 4) is 16.9 Å². The fourth-order valence-corrected chi connectivity index (χ4v) is 4.83. The minimum atomic E-state index is -0.198. The van der Waals surface area contributed by atoms with Gasteiger partial charge in [0.25, 0.3) is 5.56 Å². The van der Waals surface area contributed by atoms with Crippen molar-refractivity contribution in [2.24, 2.45) is 0 Å². The Morgan fingerprint density at radius 3 is 2.67 bits per heavy atom. The van der Waals surface area contributed by atoms with Crippen LogP contribution in [-0.2, 0) is 11.2 Å². The summed E-state index contributed by atoms with van der Waals surface area (Å²) < 4.78 is 3.43. The van der Waals surface area contributed by atoms with E-state index in [-0.39, 0.29) is 23.9 Å². The first kappa shape index (κ1) is 22.9. The minimum absolute atomic E-state index is 0.0899. The molecule has 0 unspecified atom stereocenters. The molecule has 0 aliphatic heterocycles. The average Bonchev–Trinajstić information content (AvgIpc) is 3.33. The first-order chi connectivity index (χ1) is 15.7. The fourth-order valence-electron chi connectivity index (χ4n) is 3.90. The molecule has 4 aromatic rings. The van der Waals surface area contributed by atoms with Crippen LogP contribution in [0.15, 0.2) is 34.4 Å². The summed E-state index contributed by atoms with van der Waals surface area (Å²) in [4.78, 5) is 31.3. The van der Waals surface area contributed by atoms with Crippen LogP contribution in [0, 0.1) is 27.7 Å². The molecule has 172 valence electrons. The molecule has 0 fully saturated rings. The molecule has 33 heavy (non-hydrogen) atoms. The van der Waals surface area contributed by atoms with E-state index in [0.29, 0.717) is 27.6 Å². The molecule has 0 aliphatic rings. The number of nitrogens with one attached hydrogen (secondary N) is 1. The zero-order valence-corrected chi connectivity index (χ0v) is 20.7. The van der Waals surface area contributed by atoms with Crippen molar-refractivity contribution in [3.05, 3.63) is 68.2 Å². The number of hydrogen-bond acceptors (Lipinski definition) is 5. The molecular weight excluding hydrogens is 434 g/mol. The van der Waals surface area contributed by atoms with Crippen LogP contribution in [0.5, 0.6) is 0 Å². The molecule has 7 nitrogen and oxygen atoms in total. The van der Waals surface area contributed by atoms with Gasteiger partial charge in [0.1, 0.15) is 5.69 Å². The lowest BCUT2D eigenvalue weighted by atomic mass is 10.1. The van der Waals surface area contributed by atoms with Crippen LogP contribution >= 0.6 is 11.3 Å². The Morgan fingerprint density at radius 1 is 1.18 bits per heavy atom. The standard InChI is InChI=1S/C25H29N5O2S/c1-7-16(4)26-22(31)12-19-13-33-25-27-18(6)23(24(32)29(19)25)20-11-17(5)30(28-20)21-10-14(2)8-9-15(21)3/h8-11,13,16H,7,12H2,1-6H3,(H,26,31)/t16-/m1/s1. The van der Waals surface area contributed by atoms with Crippen LogP contribution in [0.25, 0.3) is 21.9 Å². The van der Waals surface area contributed by atoms with E-state index in [2.05, 4.69) is 28.5 Å². The molecule has 0 saturated heterocycles. The van der Waals surface area contributed by atoms with E-state index in [1.165, 1.54) is 11.3 Å². The van der Waals surface area contributed by atoms with E-state index >= 15 is 0 Å². The number of carbonyl (C=O) groups is 1. The Labute approximate surface area is 197 Å². The van der Waals surface area contributed by atoms with Crippen LogP contribution in [0.3, 0.4) is 0 Å². The van der Waals surface area contributed by atoms with Gasteiger partial charge in [-0.05, 0) is 64.3 Å². The number of aromatic nitrogens is 4. The first-order valence-electron chi connectivity index (χ1n) is 11.1. The van der Waals surface area contributed by atoms with Crippen molar-refractivity contribution in [2.75, 3.05) is 0 Å². The van der Waals surface area contributed by atoms with Gasteiger partial charge in [-0.1, -0.05) is 19.1 Å². The molecule has 3 aromatic heterocycles. The highest BCUT2D eigenvalue weighted by molar-refractivity contribution is 7.15. The largest absolute Gasteiger partial charge is 0.353 e. The molecule has 4 rings (SSSR count). The van der Waals surface area contributed by atoms with Gasteiger partial charge in [-0.25, -0.2) is 9.67 Å². The maximum Gasteiger partial charge on any atom is 0.268 e. The van der Waals surface area contributed by atoms with Crippen molar-refractivity contribution in [1.82, 2.24) is 24.5 Å². The highest BCUT2D eigenvalue weighted by Crippen LogP contribution is 2.25. The number of fused-ring (bicyclic) bond motifs is 1. The summed E-state index contributed by atoms with van der Waals surface area (Å²) in [7, 11) is 0. The van der Waals surface area contributed by atoms with E-state index < -0.39 is 0 Å². The van der Waals surface area contributed by atoms with Crippen LogP contribution < -0.4 is 10.9 Å². The maximum atomic E-state index is 13.6. The Hall–Kier alpha value is -3.26. The van der Waals surface area contributed by atoms with Crippen molar-refractivity contribution in [3.63, 3.8) is 0 Å². The van der Waals surface area contributed by atoms with Gasteiger partial charge in [-0.15, -0.1) is 11.3 Å². The zero-order chi connectivity index (χ0) is 23.9. The fraction of sp³-hybridized carbons (Fsp3) is 0.360. The number of carbonyl (C=O) groups excluding carboxylic acids is 1. The average molecular weight is 464 g/mol. The second-order valence-corrected chi connectivity index (χ2v) is 9.49. The monoisotopic (exact) mass is 463 g/mol. The molecule has 0 bridgehead atoms. The summed E-state index contributed by atoms with van der Waals surface area (Å²) >= 11 is 1.37. The topological polar surface area (TPSA) is 81.3 Å². The molecule has 1 amide bonds. The lowest BCUT2D eigenvalue weighted by Crippen LogP contribution is -2.34. The molecule has 8 heteroatoms. The van der Waals surface area contributed by atoms with Crippen molar-refractivity contribution in [1.29, 1.82) is 0 Å². The van der Waals surface area contributed by atoms with Gasteiger partial charge in [0.2, 0.25) is 5.91 Å². The van der Waals surface area contributed by atoms with E-state index in [4.69, 9.17) is 5.10 Å². The van der Waals surface area contributed by atoms with Crippen LogP contribution in [-0.4, -0.2) is 31.1 Å². The molecule has 3 heterocycles. The summed E-state index contributed by atoms with van der Waals surface area (Å²) in [6.07, 6.45) is 0.980. The normalized spacial score (nSPS) is 12.3. The molecule has 1 aromatic carbocycles. The van der Waals surface area contributed by atoms with Crippen molar-refractivity contribution >= 4 is 22.2 Å². The third kappa shape index (κ3) is 4.35. The van der Waals surface area contributed by atoms with E-state index in [9.17, 15) is 9.59 Å². The summed E-state index contributed by atoms with van der Waals surface area (Å²) in [5.41, 5.74) is 6.28. The Balaban J connectivity index is 1.80. The number of amides is 1. The molecular formula is C25H29N5O2S. The second-order valence-electron chi connectivity index (χ2n) is 8.65. The number of nitrogens with zero attached hydrogens (tertiary/aromatic N) is 4. The number of benzene rings is 1. The highest BCUT2D eigenvalue weighted by Gasteiger charge is 2.20. The number of hydrogen-bond donors (Lipinski definition) is 1. The van der Waals surface area contributed by atoms with Crippen molar-refractivity contribution < 1.29 is 4.79 Å². The first-order valence-corrected chi connectivity index (χ1v) is 12.0. The Morgan fingerprint density at radius 2 is 1.94 bits per heavy atom. The predicted octanol–water partition coefficient (Wildman–Crippen LogP) is 4.30. The van der Waals surface area contributed by atoms with E-state index in [1.807, 2.05) is 57.7 Å². The van der Waals surface area contributed by atoms with Crippen LogP contribution in [0.2, 0.25) is 0 Å². The van der Waals surface area contributed by atoms with Crippen LogP contribution in [0.4, 0.5) is 0 Å². The second kappa shape index (κ2) is 8.94. The molecule has 0 radical (unpaired) electrons. The maximum absolute atomic E-state index is 13.6. The lowest BCUT2D eigenvalue weighted by Gasteiger charge is -2.11. The van der Waals surface area contributed by atoms with Gasteiger partial charge in [0, 0.05) is 22.8 Å². The van der Waals surface area contributed by atoms with Gasteiger partial charge < -0.3 is 5.32 Å². The quantitative estimate of drug-likeness (QED) is 0.462. The molecule has 0 aliphatic carbocycles. The van der Waals surface area contributed by atoms with Crippen LogP contribution in [0.1, 0.15) is 48.5 Å². The van der Waals surface area contributed by atoms with Gasteiger partial charge in [-0.3, -0.25) is 14.0 Å². The van der Waals surface area contributed by atoms with Gasteiger partial charge in [0.15, 0.2) is 4.96 Å².